The molecule has 1 aliphatic heterocycles. The van der Waals surface area contributed by atoms with Gasteiger partial charge in [-0.3, -0.25) is 0 Å². The van der Waals surface area contributed by atoms with Gasteiger partial charge in [-0.2, -0.15) is 0 Å². The molecule has 1 aliphatic rings. The molecule has 0 aliphatic carbocycles. The Hall–Kier alpha value is -0.0800. The van der Waals surface area contributed by atoms with E-state index in [4.69, 9.17) is 5.73 Å². The normalized spacial score (nSPS) is 27.9. The standard InChI is InChI=1S/C12H26N2/c1-4-6-12(3,9-13)10-14-7-5-11(2)8-14/h11H,4-10,13H2,1-3H3. The van der Waals surface area contributed by atoms with E-state index in [2.05, 4.69) is 25.7 Å². The Balaban J connectivity index is 2.39. The Kier molecular flexibility index (Phi) is 4.39. The van der Waals surface area contributed by atoms with Gasteiger partial charge in [0.25, 0.3) is 0 Å². The second kappa shape index (κ2) is 5.13. The summed E-state index contributed by atoms with van der Waals surface area (Å²) in [4.78, 5) is 2.59. The zero-order chi connectivity index (χ0) is 10.6. The number of likely N-dealkylation sites (tertiary alicyclic amines) is 1. The van der Waals surface area contributed by atoms with E-state index >= 15 is 0 Å². The van der Waals surface area contributed by atoms with Crippen LogP contribution in [0.5, 0.6) is 0 Å². The molecule has 84 valence electrons. The molecular formula is C12H26N2. The van der Waals surface area contributed by atoms with Crippen LogP contribution < -0.4 is 5.73 Å². The monoisotopic (exact) mass is 198 g/mol. The lowest BCUT2D eigenvalue weighted by molar-refractivity contribution is 0.181. The lowest BCUT2D eigenvalue weighted by Gasteiger charge is -2.32. The molecule has 0 amide bonds. The molecule has 2 unspecified atom stereocenters. The average Bonchev–Trinajstić information content (AvgIpc) is 2.51. The minimum Gasteiger partial charge on any atom is -0.330 e. The first-order valence-electron chi connectivity index (χ1n) is 6.02. The van der Waals surface area contributed by atoms with Crippen LogP contribution in [0.25, 0.3) is 0 Å². The number of nitrogens with zero attached hydrogens (tertiary/aromatic N) is 1. The summed E-state index contributed by atoms with van der Waals surface area (Å²) in [5.74, 6) is 0.888. The molecule has 2 heteroatoms. The zero-order valence-corrected chi connectivity index (χ0v) is 10.1. The van der Waals surface area contributed by atoms with Crippen LogP contribution in [0, 0.1) is 11.3 Å². The van der Waals surface area contributed by atoms with Gasteiger partial charge >= 0.3 is 0 Å². The summed E-state index contributed by atoms with van der Waals surface area (Å²) in [6.45, 7) is 11.5. The molecule has 2 atom stereocenters. The molecule has 1 saturated heterocycles. The molecule has 2 nitrogen and oxygen atoms in total. The van der Waals surface area contributed by atoms with Crippen molar-refractivity contribution in [2.24, 2.45) is 17.1 Å². The predicted molar refractivity (Wildman–Crippen MR) is 62.3 cm³/mol. The van der Waals surface area contributed by atoms with Crippen molar-refractivity contribution in [3.8, 4) is 0 Å². The van der Waals surface area contributed by atoms with Gasteiger partial charge in [-0.1, -0.05) is 27.2 Å². The molecule has 0 bridgehead atoms. The molecule has 0 saturated carbocycles. The first-order chi connectivity index (χ1) is 6.59. The van der Waals surface area contributed by atoms with Crippen LogP contribution in [0.2, 0.25) is 0 Å². The highest BCUT2D eigenvalue weighted by atomic mass is 15.2. The first kappa shape index (κ1) is 12.0. The fraction of sp³-hybridized carbons (Fsp3) is 1.00. The first-order valence-corrected chi connectivity index (χ1v) is 6.02. The van der Waals surface area contributed by atoms with Gasteiger partial charge in [0.2, 0.25) is 0 Å². The molecule has 1 heterocycles. The van der Waals surface area contributed by atoms with Crippen molar-refractivity contribution in [2.75, 3.05) is 26.2 Å². The Labute approximate surface area is 88.8 Å². The maximum Gasteiger partial charge on any atom is 0.00475 e. The molecule has 0 aromatic heterocycles. The lowest BCUT2D eigenvalue weighted by Crippen LogP contribution is -2.39. The second-order valence-corrected chi connectivity index (χ2v) is 5.39. The van der Waals surface area contributed by atoms with Crippen LogP contribution in [0.3, 0.4) is 0 Å². The Morgan fingerprint density at radius 1 is 1.50 bits per heavy atom. The molecule has 0 aromatic carbocycles. The van der Waals surface area contributed by atoms with Crippen molar-refractivity contribution < 1.29 is 0 Å². The summed E-state index contributed by atoms with van der Waals surface area (Å²) >= 11 is 0. The van der Waals surface area contributed by atoms with E-state index in [0.29, 0.717) is 5.41 Å². The van der Waals surface area contributed by atoms with Crippen LogP contribution in [-0.2, 0) is 0 Å². The number of hydrogen-bond acceptors (Lipinski definition) is 2. The number of nitrogens with two attached hydrogens (primary N) is 1. The predicted octanol–water partition coefficient (Wildman–Crippen LogP) is 2.09. The van der Waals surface area contributed by atoms with Crippen LogP contribution in [-0.4, -0.2) is 31.1 Å². The summed E-state index contributed by atoms with van der Waals surface area (Å²) in [6.07, 6.45) is 3.87. The highest BCUT2D eigenvalue weighted by Crippen LogP contribution is 2.26. The maximum atomic E-state index is 5.88. The van der Waals surface area contributed by atoms with E-state index in [9.17, 15) is 0 Å². The molecule has 0 radical (unpaired) electrons. The van der Waals surface area contributed by atoms with E-state index in [1.54, 1.807) is 0 Å². The van der Waals surface area contributed by atoms with Crippen molar-refractivity contribution in [3.63, 3.8) is 0 Å². The molecule has 1 rings (SSSR count). The highest BCUT2D eigenvalue weighted by Gasteiger charge is 2.28. The molecule has 14 heavy (non-hydrogen) atoms. The van der Waals surface area contributed by atoms with Gasteiger partial charge in [-0.05, 0) is 37.3 Å². The largest absolute Gasteiger partial charge is 0.330 e. The van der Waals surface area contributed by atoms with Gasteiger partial charge in [-0.25, -0.2) is 0 Å². The lowest BCUT2D eigenvalue weighted by atomic mass is 9.85. The van der Waals surface area contributed by atoms with Gasteiger partial charge in [0.1, 0.15) is 0 Å². The third kappa shape index (κ3) is 3.25. The SMILES string of the molecule is CCCC(C)(CN)CN1CCC(C)C1. The molecule has 1 fully saturated rings. The summed E-state index contributed by atoms with van der Waals surface area (Å²) < 4.78 is 0. The van der Waals surface area contributed by atoms with Crippen molar-refractivity contribution in [1.82, 2.24) is 4.90 Å². The van der Waals surface area contributed by atoms with Crippen LogP contribution in [0.4, 0.5) is 0 Å². The van der Waals surface area contributed by atoms with Gasteiger partial charge in [0.15, 0.2) is 0 Å². The molecule has 0 aromatic rings. The number of hydrogen-bond donors (Lipinski definition) is 1. The molecule has 0 spiro atoms. The topological polar surface area (TPSA) is 29.3 Å². The number of rotatable bonds is 5. The summed E-state index contributed by atoms with van der Waals surface area (Å²) in [6, 6.07) is 0. The van der Waals surface area contributed by atoms with E-state index in [0.717, 1.165) is 12.5 Å². The minimum absolute atomic E-state index is 0.346. The van der Waals surface area contributed by atoms with E-state index in [1.165, 1.54) is 38.9 Å². The smallest absolute Gasteiger partial charge is 0.00475 e. The average molecular weight is 198 g/mol. The van der Waals surface area contributed by atoms with Crippen molar-refractivity contribution >= 4 is 0 Å². The second-order valence-electron chi connectivity index (χ2n) is 5.39. The fourth-order valence-corrected chi connectivity index (χ4v) is 2.56. The zero-order valence-electron chi connectivity index (χ0n) is 10.1. The quantitative estimate of drug-likeness (QED) is 0.733. The van der Waals surface area contributed by atoms with Crippen molar-refractivity contribution in [1.29, 1.82) is 0 Å². The van der Waals surface area contributed by atoms with E-state index < -0.39 is 0 Å². The van der Waals surface area contributed by atoms with Crippen LogP contribution in [0.15, 0.2) is 0 Å². The Morgan fingerprint density at radius 3 is 2.64 bits per heavy atom. The molecule has 2 N–H and O–H groups in total. The summed E-state index contributed by atoms with van der Waals surface area (Å²) in [5, 5.41) is 0. The van der Waals surface area contributed by atoms with Gasteiger partial charge in [0, 0.05) is 13.1 Å². The van der Waals surface area contributed by atoms with Crippen molar-refractivity contribution in [3.05, 3.63) is 0 Å². The van der Waals surface area contributed by atoms with Gasteiger partial charge < -0.3 is 10.6 Å². The van der Waals surface area contributed by atoms with E-state index in [-0.39, 0.29) is 0 Å². The minimum atomic E-state index is 0.346. The molecular weight excluding hydrogens is 172 g/mol. The third-order valence-corrected chi connectivity index (χ3v) is 3.46. The summed E-state index contributed by atoms with van der Waals surface area (Å²) in [5.41, 5.74) is 6.23. The maximum absolute atomic E-state index is 5.88. The Morgan fingerprint density at radius 2 is 2.21 bits per heavy atom. The van der Waals surface area contributed by atoms with Crippen molar-refractivity contribution in [2.45, 2.75) is 40.0 Å². The third-order valence-electron chi connectivity index (χ3n) is 3.46. The van der Waals surface area contributed by atoms with Gasteiger partial charge in [-0.15, -0.1) is 0 Å². The Bertz CT molecular complexity index is 170. The van der Waals surface area contributed by atoms with Crippen LogP contribution >= 0.6 is 0 Å². The van der Waals surface area contributed by atoms with Crippen LogP contribution in [0.1, 0.15) is 40.0 Å². The summed E-state index contributed by atoms with van der Waals surface area (Å²) in [7, 11) is 0. The van der Waals surface area contributed by atoms with E-state index in [1.807, 2.05) is 0 Å². The highest BCUT2D eigenvalue weighted by molar-refractivity contribution is 4.82. The van der Waals surface area contributed by atoms with Gasteiger partial charge in [0.05, 0.1) is 0 Å². The fourth-order valence-electron chi connectivity index (χ4n) is 2.56.